The van der Waals surface area contributed by atoms with Crippen molar-refractivity contribution in [2.75, 3.05) is 0 Å². The molecular weight excluding hydrogens is 1570 g/mol. The molecule has 11 aromatic carbocycles. The van der Waals surface area contributed by atoms with Crippen LogP contribution < -0.4 is 0 Å². The Morgan fingerprint density at radius 3 is 1.19 bits per heavy atom. The minimum Gasteiger partial charge on any atom is -0.327 e. The van der Waals surface area contributed by atoms with Gasteiger partial charge in [-0.15, -0.1) is 30.6 Å². The molecule has 27 heteroatoms. The molecule has 3 aromatic heterocycles. The predicted octanol–water partition coefficient (Wildman–Crippen LogP) is 19.3. The van der Waals surface area contributed by atoms with E-state index in [4.69, 9.17) is 15.8 Å². The second-order valence-corrected chi connectivity index (χ2v) is 28.6. The van der Waals surface area contributed by atoms with Crippen molar-refractivity contribution < 1.29 is 53.9 Å². The quantitative estimate of drug-likeness (QED) is 0.0545. The first kappa shape index (κ1) is 86.2. The zero-order chi connectivity index (χ0) is 85.4. The minimum atomic E-state index is -4.61. The van der Waals surface area contributed by atoms with E-state index in [-0.39, 0.29) is 91.9 Å². The van der Waals surface area contributed by atoms with Crippen molar-refractivity contribution in [1.82, 2.24) is 59.0 Å². The van der Waals surface area contributed by atoms with Gasteiger partial charge in [0.05, 0.1) is 79.7 Å². The minimum absolute atomic E-state index is 0. The summed E-state index contributed by atoms with van der Waals surface area (Å²) >= 11 is 0. The number of aromatic nitrogens is 9. The van der Waals surface area contributed by atoms with Crippen molar-refractivity contribution in [2.45, 2.75) is 99.7 Å². The number of nitriles is 3. The average molecular weight is 1650 g/mol. The molecule has 1 aliphatic rings. The fourth-order valence-corrected chi connectivity index (χ4v) is 14.0. The van der Waals surface area contributed by atoms with Crippen molar-refractivity contribution in [3.8, 4) is 40.5 Å². The molecule has 15 rings (SSSR count). The maximum atomic E-state index is 14.7. The number of carbonyl (C=O) groups is 3. The summed E-state index contributed by atoms with van der Waals surface area (Å²) in [5, 5.41) is 51.8. The third kappa shape index (κ3) is 21.0. The highest BCUT2D eigenvalue weighted by molar-refractivity contribution is 6.04. The molecule has 0 aliphatic heterocycles. The number of amides is 3. The summed E-state index contributed by atoms with van der Waals surface area (Å²) in [6.07, 6.45) is 0.480. The number of halogens is 9. The molecule has 3 heterocycles. The van der Waals surface area contributed by atoms with Crippen LogP contribution in [-0.2, 0) is 76.3 Å². The molecule has 612 valence electrons. The highest BCUT2D eigenvalue weighted by atomic mass is 19.4. The van der Waals surface area contributed by atoms with E-state index in [1.54, 1.807) is 76.4 Å². The van der Waals surface area contributed by atoms with Gasteiger partial charge in [-0.25, -0.2) is 26.3 Å². The zero-order valence-corrected chi connectivity index (χ0v) is 65.2. The van der Waals surface area contributed by atoms with E-state index < -0.39 is 52.6 Å². The molecule has 0 saturated heterocycles. The van der Waals surface area contributed by atoms with Crippen LogP contribution in [0.25, 0.3) is 27.8 Å². The van der Waals surface area contributed by atoms with E-state index in [0.717, 1.165) is 79.9 Å². The van der Waals surface area contributed by atoms with Gasteiger partial charge in [0.25, 0.3) is 17.7 Å². The molecule has 0 atom stereocenters. The summed E-state index contributed by atoms with van der Waals surface area (Å²) in [5.41, 5.74) is 12.2. The molecule has 0 spiro atoms. The molecule has 14 aromatic rings. The van der Waals surface area contributed by atoms with Gasteiger partial charge in [0.1, 0.15) is 53.9 Å². The van der Waals surface area contributed by atoms with Gasteiger partial charge in [-0.1, -0.05) is 147 Å². The lowest BCUT2D eigenvalue weighted by molar-refractivity contribution is -0.137. The van der Waals surface area contributed by atoms with E-state index in [0.29, 0.717) is 77.4 Å². The SMILES string of the molecule is C.CC1=C(C(=O)N(Cc2ccc(F)cc2F)Cc2nncn2Cc2ccc(C#N)cc2)Cc2ccccc21.Cc1ccccc1-c1cc(C(=O)N(Cc2ccc(F)cc2F)Cc2nncn2Cc2ccc(C#N)cc2)ccc1C.N#Cc1ccc(Cn2cnnc2CN(Cc2ccc(F)cc2F)C(=O)c2cccc(-c3ccccc3C(F)(F)F)c2)cc1. The molecule has 1 aliphatic carbocycles. The Labute approximate surface area is 697 Å². The molecule has 0 bridgehead atoms. The van der Waals surface area contributed by atoms with E-state index >= 15 is 0 Å². The molecule has 3 amide bonds. The van der Waals surface area contributed by atoms with Gasteiger partial charge in [0.15, 0.2) is 17.5 Å². The third-order valence-electron chi connectivity index (χ3n) is 20.5. The molecule has 122 heavy (non-hydrogen) atoms. The maximum absolute atomic E-state index is 14.7. The lowest BCUT2D eigenvalue weighted by atomic mass is 9.94. The third-order valence-corrected chi connectivity index (χ3v) is 20.5. The maximum Gasteiger partial charge on any atom is 0.417 e. The van der Waals surface area contributed by atoms with Crippen molar-refractivity contribution >= 4 is 23.3 Å². The summed E-state index contributed by atoms with van der Waals surface area (Å²) in [6.45, 7) is 6.65. The van der Waals surface area contributed by atoms with E-state index in [1.165, 1.54) is 93.8 Å². The van der Waals surface area contributed by atoms with Crippen LogP contribution in [0.5, 0.6) is 0 Å². The highest BCUT2D eigenvalue weighted by Crippen LogP contribution is 2.39. The first-order valence-corrected chi connectivity index (χ1v) is 37.9. The Kier molecular flexibility index (Phi) is 27.5. The van der Waals surface area contributed by atoms with Gasteiger partial charge in [-0.2, -0.15) is 29.0 Å². The molecule has 0 radical (unpaired) electrons. The fourth-order valence-electron chi connectivity index (χ4n) is 14.0. The Morgan fingerprint density at radius 1 is 0.393 bits per heavy atom. The summed E-state index contributed by atoms with van der Waals surface area (Å²) < 4.78 is 131. The smallest absolute Gasteiger partial charge is 0.327 e. The van der Waals surface area contributed by atoms with Crippen LogP contribution in [0.3, 0.4) is 0 Å². The number of hydrogen-bond acceptors (Lipinski definition) is 12. The van der Waals surface area contributed by atoms with Crippen molar-refractivity contribution in [1.29, 1.82) is 15.8 Å². The standard InChI is InChI=1S/C33H27F2N5O.C32H22F5N5O.C29H23F2N5O.CH4/c1-22-5-3-4-6-29(22)30-15-26(12-7-23(30)2)33(41)39(19-27-13-14-28(34)16-31(27)35)20-32-38-37-21-40(32)18-25-10-8-24(17-36)9-11-25;33-26-13-12-25(29(34)15-26)18-41(19-30-40-39-20-42(30)17-22-10-8-21(16-38)9-11-22)31(43)24-5-3-4-23(14-24)27-6-1-2-7-28(27)32(35,36)37;1-19-25-5-3-2-4-22(25)12-26(19)29(37)35(16-23-10-11-24(30)13-27(23)31)17-28-34-33-18-36(28)15-21-8-6-20(14-32)7-9-21;/h3-16,21H,18-20H2,1-2H3;1-15,20H,17-19H2;2-11,13,18H,12,15-17H2,1H3;1H4. The van der Waals surface area contributed by atoms with Gasteiger partial charge >= 0.3 is 6.18 Å². The van der Waals surface area contributed by atoms with Crippen molar-refractivity contribution in [3.63, 3.8) is 0 Å². The Balaban J connectivity index is 0.000000167. The molecule has 0 unspecified atom stereocenters. The Bertz CT molecular complexity index is 6320. The van der Waals surface area contributed by atoms with Crippen LogP contribution in [0.4, 0.5) is 39.5 Å². The zero-order valence-electron chi connectivity index (χ0n) is 65.2. The number of benzene rings is 11. The summed E-state index contributed by atoms with van der Waals surface area (Å²) in [6, 6.07) is 69.3. The molecule has 0 saturated carbocycles. The van der Waals surface area contributed by atoms with Crippen LogP contribution in [0, 0.1) is 82.7 Å². The van der Waals surface area contributed by atoms with Gasteiger partial charge in [0.2, 0.25) is 0 Å². The topological polar surface area (TPSA) is 224 Å². The van der Waals surface area contributed by atoms with E-state index in [1.807, 2.05) is 116 Å². The van der Waals surface area contributed by atoms with Crippen molar-refractivity contribution in [2.24, 2.45) is 0 Å². The first-order chi connectivity index (χ1) is 58.4. The summed E-state index contributed by atoms with van der Waals surface area (Å²) in [5.74, 6) is -4.24. The van der Waals surface area contributed by atoms with Gasteiger partial charge in [-0.05, 0) is 172 Å². The number of fused-ring (bicyclic) bond motifs is 1. The molecule has 0 N–H and O–H groups in total. The first-order valence-electron chi connectivity index (χ1n) is 37.9. The van der Waals surface area contributed by atoms with Crippen LogP contribution in [-0.4, -0.2) is 76.7 Å². The van der Waals surface area contributed by atoms with E-state index in [9.17, 15) is 53.9 Å². The van der Waals surface area contributed by atoms with Crippen LogP contribution >= 0.6 is 0 Å². The van der Waals surface area contributed by atoms with E-state index in [2.05, 4.69) is 42.7 Å². The number of aryl methyl sites for hydroxylation is 2. The van der Waals surface area contributed by atoms with Crippen molar-refractivity contribution in [3.05, 3.63) is 409 Å². The number of rotatable bonds is 23. The molecule has 0 fully saturated rings. The number of allylic oxidation sites excluding steroid dienone is 1. The largest absolute Gasteiger partial charge is 0.417 e. The second-order valence-electron chi connectivity index (χ2n) is 28.6. The van der Waals surface area contributed by atoms with Crippen LogP contribution in [0.15, 0.2) is 267 Å². The molecular formula is C95H76F9N15O3. The lowest BCUT2D eigenvalue weighted by Crippen LogP contribution is -2.33. The predicted molar refractivity (Wildman–Crippen MR) is 439 cm³/mol. The Hall–Kier alpha value is -15.2. The Morgan fingerprint density at radius 2 is 0.779 bits per heavy atom. The molecule has 18 nitrogen and oxygen atoms in total. The average Bonchev–Trinajstić information content (AvgIpc) is 1.57. The van der Waals surface area contributed by atoms with Crippen LogP contribution in [0.1, 0.15) is 130 Å². The lowest BCUT2D eigenvalue weighted by Gasteiger charge is -2.24. The number of hydrogen-bond donors (Lipinski definition) is 0. The van der Waals surface area contributed by atoms with Gasteiger partial charge < -0.3 is 28.4 Å². The van der Waals surface area contributed by atoms with Crippen LogP contribution in [0.2, 0.25) is 0 Å². The highest BCUT2D eigenvalue weighted by Gasteiger charge is 2.35. The fraction of sp³-hybridized carbons (Fsp3) is 0.158. The monoisotopic (exact) mass is 1650 g/mol. The number of carbonyl (C=O) groups excluding carboxylic acids is 3. The van der Waals surface area contributed by atoms with Gasteiger partial charge in [0, 0.05) is 77.6 Å². The normalized spacial score (nSPS) is 11.4. The summed E-state index contributed by atoms with van der Waals surface area (Å²) in [4.78, 5) is 46.0. The second kappa shape index (κ2) is 38.9. The summed E-state index contributed by atoms with van der Waals surface area (Å²) in [7, 11) is 0. The number of nitrogens with zero attached hydrogens (tertiary/aromatic N) is 15. The number of alkyl halides is 3. The van der Waals surface area contributed by atoms with Gasteiger partial charge in [-0.3, -0.25) is 14.4 Å².